The van der Waals surface area contributed by atoms with Crippen LogP contribution in [0.3, 0.4) is 0 Å². The highest BCUT2D eigenvalue weighted by atomic mass is 16.5. The van der Waals surface area contributed by atoms with Crippen molar-refractivity contribution < 1.29 is 4.52 Å². The maximum Gasteiger partial charge on any atom is 0.266 e. The van der Waals surface area contributed by atoms with Gasteiger partial charge in [0, 0.05) is 19.1 Å². The molecule has 1 N–H and O–H groups in total. The van der Waals surface area contributed by atoms with Gasteiger partial charge in [0.05, 0.1) is 5.92 Å². The number of anilines is 1. The van der Waals surface area contributed by atoms with E-state index in [0.717, 1.165) is 37.9 Å². The molecule has 100 valence electrons. The third-order valence-corrected chi connectivity index (χ3v) is 4.16. The lowest BCUT2D eigenvalue weighted by molar-refractivity contribution is 0.344. The fourth-order valence-corrected chi connectivity index (χ4v) is 2.97. The maximum atomic E-state index is 5.47. The van der Waals surface area contributed by atoms with Gasteiger partial charge >= 0.3 is 0 Å². The Hall–Kier alpha value is -1.10. The third kappa shape index (κ3) is 2.36. The Morgan fingerprint density at radius 3 is 2.67 bits per heavy atom. The van der Waals surface area contributed by atoms with Gasteiger partial charge in [-0.05, 0) is 37.9 Å². The van der Waals surface area contributed by atoms with E-state index in [2.05, 4.69) is 27.3 Å². The largest absolute Gasteiger partial charge is 0.338 e. The van der Waals surface area contributed by atoms with Crippen molar-refractivity contribution in [3.8, 4) is 0 Å². The van der Waals surface area contributed by atoms with Crippen LogP contribution in [-0.2, 0) is 0 Å². The number of nitrogens with one attached hydrogen (secondary N) is 1. The standard InChI is InChI=1S/C13H22N4O/c1-10-11(6-7-14-10)12-15-13(16-18-12)17-8-4-2-3-5-9-17/h10-11,14H,2-9H2,1H3. The summed E-state index contributed by atoms with van der Waals surface area (Å²) in [4.78, 5) is 6.89. The average molecular weight is 250 g/mol. The van der Waals surface area contributed by atoms with Gasteiger partial charge < -0.3 is 14.7 Å². The topological polar surface area (TPSA) is 54.2 Å². The predicted octanol–water partition coefficient (Wildman–Crippen LogP) is 1.92. The van der Waals surface area contributed by atoms with E-state index in [0.29, 0.717) is 12.0 Å². The summed E-state index contributed by atoms with van der Waals surface area (Å²) in [5, 5.41) is 7.60. The van der Waals surface area contributed by atoms with E-state index >= 15 is 0 Å². The van der Waals surface area contributed by atoms with Crippen LogP contribution in [0.5, 0.6) is 0 Å². The highest BCUT2D eigenvalue weighted by molar-refractivity contribution is 5.28. The Balaban J connectivity index is 1.72. The van der Waals surface area contributed by atoms with Crippen LogP contribution in [0, 0.1) is 0 Å². The van der Waals surface area contributed by atoms with Crippen LogP contribution in [0.25, 0.3) is 0 Å². The van der Waals surface area contributed by atoms with E-state index in [4.69, 9.17) is 4.52 Å². The molecule has 0 bridgehead atoms. The summed E-state index contributed by atoms with van der Waals surface area (Å²) < 4.78 is 5.47. The lowest BCUT2D eigenvalue weighted by Crippen LogP contribution is -2.25. The second-order valence-electron chi connectivity index (χ2n) is 5.47. The second kappa shape index (κ2) is 5.26. The van der Waals surface area contributed by atoms with Gasteiger partial charge in [0.1, 0.15) is 0 Å². The number of hydrogen-bond acceptors (Lipinski definition) is 5. The molecule has 1 aromatic rings. The first-order valence-corrected chi connectivity index (χ1v) is 7.16. The van der Waals surface area contributed by atoms with Gasteiger partial charge in [-0.25, -0.2) is 0 Å². The number of rotatable bonds is 2. The molecule has 0 aromatic carbocycles. The average Bonchev–Trinajstić information content (AvgIpc) is 2.91. The Morgan fingerprint density at radius 2 is 2.00 bits per heavy atom. The SMILES string of the molecule is CC1NCCC1c1nc(N2CCCCCC2)no1. The van der Waals surface area contributed by atoms with Crippen molar-refractivity contribution in [1.29, 1.82) is 0 Å². The molecule has 0 aliphatic carbocycles. The first-order valence-electron chi connectivity index (χ1n) is 7.16. The fourth-order valence-electron chi connectivity index (χ4n) is 2.97. The molecule has 3 rings (SSSR count). The molecule has 0 saturated carbocycles. The molecule has 5 nitrogen and oxygen atoms in total. The zero-order valence-corrected chi connectivity index (χ0v) is 11.1. The number of aromatic nitrogens is 2. The van der Waals surface area contributed by atoms with E-state index in [1.807, 2.05) is 0 Å². The molecular formula is C13H22N4O. The van der Waals surface area contributed by atoms with Crippen LogP contribution >= 0.6 is 0 Å². The van der Waals surface area contributed by atoms with Crippen molar-refractivity contribution >= 4 is 5.95 Å². The van der Waals surface area contributed by atoms with Crippen LogP contribution in [-0.4, -0.2) is 35.8 Å². The van der Waals surface area contributed by atoms with Crippen molar-refractivity contribution in [3.05, 3.63) is 5.89 Å². The van der Waals surface area contributed by atoms with E-state index in [1.54, 1.807) is 0 Å². The number of hydrogen-bond donors (Lipinski definition) is 1. The maximum absolute atomic E-state index is 5.47. The lowest BCUT2D eigenvalue weighted by Gasteiger charge is -2.16. The second-order valence-corrected chi connectivity index (χ2v) is 5.47. The molecule has 0 radical (unpaired) electrons. The summed E-state index contributed by atoms with van der Waals surface area (Å²) in [6.07, 6.45) is 6.23. The van der Waals surface area contributed by atoms with Crippen LogP contribution in [0.1, 0.15) is 50.8 Å². The Morgan fingerprint density at radius 1 is 1.22 bits per heavy atom. The number of nitrogens with zero attached hydrogens (tertiary/aromatic N) is 3. The lowest BCUT2D eigenvalue weighted by atomic mass is 10.0. The molecule has 2 saturated heterocycles. The Bertz CT molecular complexity index is 384. The molecule has 2 unspecified atom stereocenters. The summed E-state index contributed by atoms with van der Waals surface area (Å²) in [7, 11) is 0. The van der Waals surface area contributed by atoms with Gasteiger partial charge in [0.2, 0.25) is 5.89 Å². The van der Waals surface area contributed by atoms with Crippen molar-refractivity contribution in [2.75, 3.05) is 24.5 Å². The van der Waals surface area contributed by atoms with E-state index in [-0.39, 0.29) is 0 Å². The first-order chi connectivity index (χ1) is 8.84. The predicted molar refractivity (Wildman–Crippen MR) is 69.8 cm³/mol. The van der Waals surface area contributed by atoms with Crippen LogP contribution in [0.2, 0.25) is 0 Å². The van der Waals surface area contributed by atoms with Crippen LogP contribution in [0.4, 0.5) is 5.95 Å². The fraction of sp³-hybridized carbons (Fsp3) is 0.846. The molecule has 2 aliphatic heterocycles. The summed E-state index contributed by atoms with van der Waals surface area (Å²) in [6.45, 7) is 5.37. The minimum atomic E-state index is 0.387. The van der Waals surface area contributed by atoms with Crippen molar-refractivity contribution in [2.45, 2.75) is 51.0 Å². The summed E-state index contributed by atoms with van der Waals surface area (Å²) in [5.41, 5.74) is 0. The molecule has 2 atom stereocenters. The minimum Gasteiger partial charge on any atom is -0.338 e. The molecule has 18 heavy (non-hydrogen) atoms. The van der Waals surface area contributed by atoms with E-state index < -0.39 is 0 Å². The van der Waals surface area contributed by atoms with Crippen molar-refractivity contribution in [3.63, 3.8) is 0 Å². The van der Waals surface area contributed by atoms with Crippen LogP contribution in [0.15, 0.2) is 4.52 Å². The van der Waals surface area contributed by atoms with Gasteiger partial charge in [-0.1, -0.05) is 12.8 Å². The van der Waals surface area contributed by atoms with Gasteiger partial charge in [0.15, 0.2) is 0 Å². The first kappa shape index (κ1) is 12.0. The third-order valence-electron chi connectivity index (χ3n) is 4.16. The molecule has 1 aromatic heterocycles. The Labute approximate surface area is 108 Å². The molecule has 3 heterocycles. The molecule has 0 spiro atoms. The van der Waals surface area contributed by atoms with E-state index in [9.17, 15) is 0 Å². The summed E-state index contributed by atoms with van der Waals surface area (Å²) >= 11 is 0. The van der Waals surface area contributed by atoms with Gasteiger partial charge in [-0.15, -0.1) is 0 Å². The van der Waals surface area contributed by atoms with Crippen molar-refractivity contribution in [2.24, 2.45) is 0 Å². The van der Waals surface area contributed by atoms with Gasteiger partial charge in [0.25, 0.3) is 5.95 Å². The van der Waals surface area contributed by atoms with E-state index in [1.165, 1.54) is 25.7 Å². The van der Waals surface area contributed by atoms with Crippen molar-refractivity contribution in [1.82, 2.24) is 15.5 Å². The summed E-state index contributed by atoms with van der Waals surface area (Å²) in [5.74, 6) is 2.00. The zero-order valence-electron chi connectivity index (χ0n) is 11.1. The van der Waals surface area contributed by atoms with Crippen LogP contribution < -0.4 is 10.2 Å². The monoisotopic (exact) mass is 250 g/mol. The highest BCUT2D eigenvalue weighted by Gasteiger charge is 2.30. The molecule has 2 fully saturated rings. The molecular weight excluding hydrogens is 228 g/mol. The molecule has 5 heteroatoms. The molecule has 2 aliphatic rings. The molecule has 0 amide bonds. The summed E-state index contributed by atoms with van der Waals surface area (Å²) in [6, 6.07) is 0.447. The van der Waals surface area contributed by atoms with Gasteiger partial charge in [-0.3, -0.25) is 0 Å². The Kier molecular flexibility index (Phi) is 3.50. The smallest absolute Gasteiger partial charge is 0.266 e. The van der Waals surface area contributed by atoms with Gasteiger partial charge in [-0.2, -0.15) is 4.98 Å². The highest BCUT2D eigenvalue weighted by Crippen LogP contribution is 2.27. The zero-order chi connectivity index (χ0) is 12.4. The minimum absolute atomic E-state index is 0.387. The normalized spacial score (nSPS) is 29.5. The quantitative estimate of drug-likeness (QED) is 0.869.